The molecule has 0 bridgehead atoms. The maximum Gasteiger partial charge on any atom is 0.409 e. The van der Waals surface area contributed by atoms with E-state index in [4.69, 9.17) is 4.74 Å². The van der Waals surface area contributed by atoms with Gasteiger partial charge in [-0.15, -0.1) is 0 Å². The lowest BCUT2D eigenvalue weighted by atomic mass is 10.2. The first-order valence-electron chi connectivity index (χ1n) is 9.88. The Balaban J connectivity index is 1.88. The molecule has 1 aliphatic rings. The van der Waals surface area contributed by atoms with Crippen LogP contribution in [0.3, 0.4) is 0 Å². The Labute approximate surface area is 173 Å². The molecule has 10 heteroatoms. The highest BCUT2D eigenvalue weighted by Gasteiger charge is 2.23. The van der Waals surface area contributed by atoms with Gasteiger partial charge in [-0.1, -0.05) is 17.7 Å². The molecule has 1 fully saturated rings. The van der Waals surface area contributed by atoms with E-state index in [1.807, 2.05) is 13.8 Å². The van der Waals surface area contributed by atoms with Crippen molar-refractivity contribution in [3.05, 3.63) is 29.8 Å². The van der Waals surface area contributed by atoms with E-state index in [1.165, 1.54) is 0 Å². The number of amides is 1. The highest BCUT2D eigenvalue weighted by molar-refractivity contribution is 7.89. The van der Waals surface area contributed by atoms with Crippen molar-refractivity contribution in [2.24, 2.45) is 4.99 Å². The zero-order valence-corrected chi connectivity index (χ0v) is 18.2. The van der Waals surface area contributed by atoms with Crippen LogP contribution in [-0.4, -0.2) is 82.7 Å². The summed E-state index contributed by atoms with van der Waals surface area (Å²) in [6.07, 6.45) is -0.292. The van der Waals surface area contributed by atoms with Crippen molar-refractivity contribution < 1.29 is 17.9 Å². The zero-order chi connectivity index (χ0) is 21.3. The van der Waals surface area contributed by atoms with E-state index in [9.17, 15) is 13.2 Å². The number of piperazine rings is 1. The van der Waals surface area contributed by atoms with Crippen LogP contribution in [0.2, 0.25) is 0 Å². The Morgan fingerprint density at radius 2 is 1.72 bits per heavy atom. The molecule has 2 N–H and O–H groups in total. The van der Waals surface area contributed by atoms with Gasteiger partial charge in [-0.2, -0.15) is 0 Å². The van der Waals surface area contributed by atoms with E-state index in [0.717, 1.165) is 5.56 Å². The van der Waals surface area contributed by atoms with Crippen LogP contribution in [0.4, 0.5) is 4.79 Å². The van der Waals surface area contributed by atoms with Crippen LogP contribution in [0.5, 0.6) is 0 Å². The van der Waals surface area contributed by atoms with Gasteiger partial charge in [0.2, 0.25) is 10.0 Å². The van der Waals surface area contributed by atoms with E-state index in [0.29, 0.717) is 51.8 Å². The number of carbonyl (C=O) groups excluding carboxylic acids is 1. The maximum absolute atomic E-state index is 12.3. The van der Waals surface area contributed by atoms with Crippen molar-refractivity contribution in [1.29, 1.82) is 0 Å². The molecule has 1 aromatic carbocycles. The van der Waals surface area contributed by atoms with Crippen LogP contribution in [0.1, 0.15) is 19.4 Å². The molecule has 162 valence electrons. The van der Waals surface area contributed by atoms with Crippen molar-refractivity contribution in [3.8, 4) is 0 Å². The van der Waals surface area contributed by atoms with E-state index < -0.39 is 10.0 Å². The van der Waals surface area contributed by atoms with Gasteiger partial charge >= 0.3 is 6.09 Å². The molecule has 0 saturated carbocycles. The van der Waals surface area contributed by atoms with Gasteiger partial charge < -0.3 is 19.9 Å². The van der Waals surface area contributed by atoms with Gasteiger partial charge in [0.1, 0.15) is 0 Å². The molecule has 1 aromatic rings. The molecule has 1 aliphatic heterocycles. The molecule has 0 aromatic heterocycles. The number of nitrogens with one attached hydrogen (secondary N) is 2. The molecular formula is C19H31N5O4S. The summed E-state index contributed by atoms with van der Waals surface area (Å²) in [5, 5.41) is 3.22. The lowest BCUT2D eigenvalue weighted by molar-refractivity contribution is 0.0914. The van der Waals surface area contributed by atoms with Crippen molar-refractivity contribution in [2.75, 3.05) is 52.4 Å². The molecular weight excluding hydrogens is 394 g/mol. The first-order valence-corrected chi connectivity index (χ1v) is 11.4. The smallest absolute Gasteiger partial charge is 0.409 e. The van der Waals surface area contributed by atoms with Crippen LogP contribution in [0, 0.1) is 6.92 Å². The number of hydrogen-bond donors (Lipinski definition) is 2. The Morgan fingerprint density at radius 1 is 1.10 bits per heavy atom. The van der Waals surface area contributed by atoms with Crippen molar-refractivity contribution in [1.82, 2.24) is 19.8 Å². The molecule has 29 heavy (non-hydrogen) atoms. The maximum atomic E-state index is 12.3. The molecule has 1 saturated heterocycles. The molecule has 0 unspecified atom stereocenters. The average molecular weight is 426 g/mol. The van der Waals surface area contributed by atoms with Gasteiger partial charge in [0, 0.05) is 39.3 Å². The Morgan fingerprint density at radius 3 is 2.31 bits per heavy atom. The number of guanidine groups is 1. The summed E-state index contributed by atoms with van der Waals surface area (Å²) >= 11 is 0. The fraction of sp³-hybridized carbons (Fsp3) is 0.579. The highest BCUT2D eigenvalue weighted by Crippen LogP contribution is 2.09. The highest BCUT2D eigenvalue weighted by atomic mass is 32.2. The second-order valence-electron chi connectivity index (χ2n) is 6.62. The molecule has 0 radical (unpaired) electrons. The van der Waals surface area contributed by atoms with Crippen LogP contribution < -0.4 is 10.0 Å². The number of nitrogens with zero attached hydrogens (tertiary/aromatic N) is 3. The third-order valence-electron chi connectivity index (χ3n) is 4.44. The van der Waals surface area contributed by atoms with Crippen molar-refractivity contribution >= 4 is 22.1 Å². The number of carbonyl (C=O) groups is 1. The van der Waals surface area contributed by atoms with Crippen molar-refractivity contribution in [3.63, 3.8) is 0 Å². The Kier molecular flexibility index (Phi) is 8.71. The predicted molar refractivity (Wildman–Crippen MR) is 113 cm³/mol. The molecule has 0 spiro atoms. The van der Waals surface area contributed by atoms with Gasteiger partial charge in [-0.25, -0.2) is 17.9 Å². The Bertz CT molecular complexity index is 787. The minimum Gasteiger partial charge on any atom is -0.450 e. The number of ether oxygens (including phenoxy) is 1. The number of rotatable bonds is 7. The topological polar surface area (TPSA) is 103 Å². The van der Waals surface area contributed by atoms with Crippen LogP contribution >= 0.6 is 0 Å². The zero-order valence-electron chi connectivity index (χ0n) is 17.3. The third kappa shape index (κ3) is 6.90. The monoisotopic (exact) mass is 425 g/mol. The molecule has 0 aliphatic carbocycles. The van der Waals surface area contributed by atoms with E-state index in [2.05, 4.69) is 19.9 Å². The summed E-state index contributed by atoms with van der Waals surface area (Å²) in [6, 6.07) is 6.72. The number of sulfonamides is 1. The summed E-state index contributed by atoms with van der Waals surface area (Å²) < 4.78 is 32.3. The summed E-state index contributed by atoms with van der Waals surface area (Å²) in [4.78, 5) is 20.3. The van der Waals surface area contributed by atoms with E-state index in [-0.39, 0.29) is 17.5 Å². The minimum atomic E-state index is -3.55. The fourth-order valence-electron chi connectivity index (χ4n) is 2.88. The second kappa shape index (κ2) is 11.0. The van der Waals surface area contributed by atoms with Crippen LogP contribution in [-0.2, 0) is 14.8 Å². The van der Waals surface area contributed by atoms with Gasteiger partial charge in [0.15, 0.2) is 5.96 Å². The van der Waals surface area contributed by atoms with Gasteiger partial charge in [-0.05, 0) is 32.9 Å². The fourth-order valence-corrected chi connectivity index (χ4v) is 3.91. The van der Waals surface area contributed by atoms with E-state index >= 15 is 0 Å². The SMILES string of the molecule is CCNC(=NCCNS(=O)(=O)c1ccc(C)cc1)N1CCN(C(=O)OCC)CC1. The normalized spacial score (nSPS) is 15.3. The first kappa shape index (κ1) is 23.0. The molecule has 1 amide bonds. The van der Waals surface area contributed by atoms with Crippen LogP contribution in [0.25, 0.3) is 0 Å². The Hall–Kier alpha value is -2.33. The summed E-state index contributed by atoms with van der Waals surface area (Å²) in [6.45, 7) is 9.65. The standard InChI is InChI=1S/C19H31N5O4S/c1-4-20-18(23-12-14-24(15-13-23)19(25)28-5-2)21-10-11-22-29(26,27)17-8-6-16(3)7-9-17/h6-9,22H,4-5,10-15H2,1-3H3,(H,20,21). The molecule has 2 rings (SSSR count). The molecule has 0 atom stereocenters. The molecule has 9 nitrogen and oxygen atoms in total. The third-order valence-corrected chi connectivity index (χ3v) is 5.91. The van der Waals surface area contributed by atoms with Gasteiger partial charge in [0.25, 0.3) is 0 Å². The lowest BCUT2D eigenvalue weighted by Crippen LogP contribution is -2.54. The summed E-state index contributed by atoms with van der Waals surface area (Å²) in [5.41, 5.74) is 1.01. The first-order chi connectivity index (χ1) is 13.9. The number of aryl methyl sites for hydroxylation is 1. The number of aliphatic imine (C=N–C) groups is 1. The lowest BCUT2D eigenvalue weighted by Gasteiger charge is -2.35. The average Bonchev–Trinajstić information content (AvgIpc) is 2.71. The van der Waals surface area contributed by atoms with Gasteiger partial charge in [0.05, 0.1) is 18.0 Å². The second-order valence-corrected chi connectivity index (χ2v) is 8.39. The quantitative estimate of drug-likeness (QED) is 0.384. The van der Waals surface area contributed by atoms with Gasteiger partial charge in [-0.3, -0.25) is 4.99 Å². The van der Waals surface area contributed by atoms with E-state index in [1.54, 1.807) is 36.1 Å². The number of hydrogen-bond acceptors (Lipinski definition) is 5. The molecule has 1 heterocycles. The largest absolute Gasteiger partial charge is 0.450 e. The predicted octanol–water partition coefficient (Wildman–Crippen LogP) is 1.01. The summed E-state index contributed by atoms with van der Waals surface area (Å²) in [5.74, 6) is 0.713. The summed E-state index contributed by atoms with van der Waals surface area (Å²) in [7, 11) is -3.55. The van der Waals surface area contributed by atoms with Crippen molar-refractivity contribution in [2.45, 2.75) is 25.7 Å². The minimum absolute atomic E-state index is 0.202. The van der Waals surface area contributed by atoms with Crippen LogP contribution in [0.15, 0.2) is 34.2 Å². The number of benzene rings is 1.